The van der Waals surface area contributed by atoms with Gasteiger partial charge in [-0.15, -0.1) is 0 Å². The second-order valence-corrected chi connectivity index (χ2v) is 3.91. The zero-order valence-electron chi connectivity index (χ0n) is 9.93. The van der Waals surface area contributed by atoms with Crippen LogP contribution in [-0.2, 0) is 0 Å². The maximum Gasteiger partial charge on any atom is 0.257 e. The molecule has 0 fully saturated rings. The van der Waals surface area contributed by atoms with E-state index >= 15 is 0 Å². The van der Waals surface area contributed by atoms with Crippen LogP contribution in [0.2, 0.25) is 0 Å². The zero-order chi connectivity index (χ0) is 13.1. The van der Waals surface area contributed by atoms with Crippen molar-refractivity contribution < 1.29 is 0 Å². The van der Waals surface area contributed by atoms with Gasteiger partial charge in [0.15, 0.2) is 0 Å². The third-order valence-electron chi connectivity index (χ3n) is 2.79. The van der Waals surface area contributed by atoms with Gasteiger partial charge in [-0.3, -0.25) is 0 Å². The van der Waals surface area contributed by atoms with E-state index in [4.69, 9.17) is 5.26 Å². The highest BCUT2D eigenvalue weighted by Gasteiger charge is 2.11. The molecule has 0 bridgehead atoms. The van der Waals surface area contributed by atoms with Gasteiger partial charge in [-0.2, -0.15) is 9.94 Å². The Morgan fingerprint density at radius 3 is 2.47 bits per heavy atom. The van der Waals surface area contributed by atoms with Crippen molar-refractivity contribution >= 4 is 0 Å². The third kappa shape index (κ3) is 1.96. The van der Waals surface area contributed by atoms with E-state index in [0.717, 1.165) is 16.8 Å². The van der Waals surface area contributed by atoms with Crippen LogP contribution in [0.4, 0.5) is 0 Å². The number of benzene rings is 2. The molecule has 0 unspecified atom stereocenters. The molecule has 5 nitrogen and oxygen atoms in total. The molecule has 5 heteroatoms. The summed E-state index contributed by atoms with van der Waals surface area (Å²) < 4.78 is 1.45. The highest BCUT2D eigenvalue weighted by Crippen LogP contribution is 2.26. The van der Waals surface area contributed by atoms with E-state index in [1.54, 1.807) is 0 Å². The van der Waals surface area contributed by atoms with Gasteiger partial charge in [-0.05, 0) is 22.1 Å². The maximum atomic E-state index is 9.02. The van der Waals surface area contributed by atoms with Crippen molar-refractivity contribution in [2.75, 3.05) is 0 Å². The molecule has 0 spiro atoms. The van der Waals surface area contributed by atoms with E-state index in [1.807, 2.05) is 60.7 Å². The summed E-state index contributed by atoms with van der Waals surface area (Å²) in [6.45, 7) is 0. The SMILES string of the molecule is N#Cc1nnnn1-c1ccccc1-c1ccccc1. The van der Waals surface area contributed by atoms with Gasteiger partial charge in [-0.1, -0.05) is 53.6 Å². The molecule has 90 valence electrons. The Labute approximate surface area is 109 Å². The lowest BCUT2D eigenvalue weighted by Gasteiger charge is -2.08. The summed E-state index contributed by atoms with van der Waals surface area (Å²) in [4.78, 5) is 0. The number of hydrogen-bond donors (Lipinski definition) is 0. The number of nitriles is 1. The molecule has 3 aromatic rings. The van der Waals surface area contributed by atoms with Crippen LogP contribution in [0, 0.1) is 11.3 Å². The van der Waals surface area contributed by atoms with Crippen molar-refractivity contribution in [2.45, 2.75) is 0 Å². The second-order valence-electron chi connectivity index (χ2n) is 3.91. The van der Waals surface area contributed by atoms with Crippen molar-refractivity contribution in [3.63, 3.8) is 0 Å². The molecular formula is C14H9N5. The highest BCUT2D eigenvalue weighted by molar-refractivity contribution is 5.72. The molecule has 1 aromatic heterocycles. The van der Waals surface area contributed by atoms with Crippen molar-refractivity contribution in [1.29, 1.82) is 5.26 Å². The number of tetrazole rings is 1. The van der Waals surface area contributed by atoms with E-state index < -0.39 is 0 Å². The quantitative estimate of drug-likeness (QED) is 0.696. The van der Waals surface area contributed by atoms with E-state index in [-0.39, 0.29) is 5.82 Å². The number of nitrogens with zero attached hydrogens (tertiary/aromatic N) is 5. The lowest BCUT2D eigenvalue weighted by molar-refractivity contribution is 0.786. The number of hydrogen-bond acceptors (Lipinski definition) is 4. The topological polar surface area (TPSA) is 67.4 Å². The lowest BCUT2D eigenvalue weighted by Crippen LogP contribution is -2.02. The predicted molar refractivity (Wildman–Crippen MR) is 69.3 cm³/mol. The predicted octanol–water partition coefficient (Wildman–Crippen LogP) is 2.20. The molecule has 19 heavy (non-hydrogen) atoms. The van der Waals surface area contributed by atoms with Crippen LogP contribution in [0.3, 0.4) is 0 Å². The minimum Gasteiger partial charge on any atom is -0.189 e. The van der Waals surface area contributed by atoms with Gasteiger partial charge < -0.3 is 0 Å². The molecule has 0 aliphatic rings. The van der Waals surface area contributed by atoms with Crippen LogP contribution in [-0.4, -0.2) is 20.2 Å². The van der Waals surface area contributed by atoms with Crippen LogP contribution in [0.25, 0.3) is 16.8 Å². The van der Waals surface area contributed by atoms with Crippen LogP contribution in [0.15, 0.2) is 54.6 Å². The van der Waals surface area contributed by atoms with E-state index in [0.29, 0.717) is 0 Å². The molecule has 0 N–H and O–H groups in total. The van der Waals surface area contributed by atoms with Crippen molar-refractivity contribution in [3.8, 4) is 22.9 Å². The smallest absolute Gasteiger partial charge is 0.189 e. The maximum absolute atomic E-state index is 9.02. The summed E-state index contributed by atoms with van der Waals surface area (Å²) in [6, 6.07) is 19.6. The van der Waals surface area contributed by atoms with Gasteiger partial charge in [0, 0.05) is 5.56 Å². The highest BCUT2D eigenvalue weighted by atomic mass is 15.5. The van der Waals surface area contributed by atoms with Crippen LogP contribution >= 0.6 is 0 Å². The average molecular weight is 247 g/mol. The molecule has 0 aliphatic heterocycles. The molecule has 3 rings (SSSR count). The minimum absolute atomic E-state index is 0.170. The Morgan fingerprint density at radius 1 is 0.947 bits per heavy atom. The van der Waals surface area contributed by atoms with Crippen molar-refractivity contribution in [2.24, 2.45) is 0 Å². The monoisotopic (exact) mass is 247 g/mol. The molecule has 0 saturated carbocycles. The van der Waals surface area contributed by atoms with Gasteiger partial charge in [0.2, 0.25) is 0 Å². The van der Waals surface area contributed by atoms with Gasteiger partial charge in [-0.25, -0.2) is 0 Å². The molecule has 0 saturated heterocycles. The molecule has 1 heterocycles. The van der Waals surface area contributed by atoms with Crippen LogP contribution < -0.4 is 0 Å². The first-order valence-electron chi connectivity index (χ1n) is 5.73. The van der Waals surface area contributed by atoms with E-state index in [1.165, 1.54) is 4.68 Å². The Kier molecular flexibility index (Phi) is 2.75. The molecule has 0 aliphatic carbocycles. The fourth-order valence-electron chi connectivity index (χ4n) is 1.94. The number of aromatic nitrogens is 4. The first-order valence-corrected chi connectivity index (χ1v) is 5.73. The molecule has 0 atom stereocenters. The Balaban J connectivity index is 2.22. The first-order chi connectivity index (χ1) is 9.40. The van der Waals surface area contributed by atoms with E-state index in [9.17, 15) is 0 Å². The van der Waals surface area contributed by atoms with Gasteiger partial charge in [0.1, 0.15) is 6.07 Å². The summed E-state index contributed by atoms with van der Waals surface area (Å²) in [5.74, 6) is 0.170. The molecule has 0 radical (unpaired) electrons. The number of para-hydroxylation sites is 1. The fourth-order valence-corrected chi connectivity index (χ4v) is 1.94. The number of rotatable bonds is 2. The normalized spacial score (nSPS) is 10.1. The Hall–Kier alpha value is -3.00. The van der Waals surface area contributed by atoms with Gasteiger partial charge in [0.05, 0.1) is 5.69 Å². The largest absolute Gasteiger partial charge is 0.257 e. The van der Waals surface area contributed by atoms with Gasteiger partial charge in [0.25, 0.3) is 5.82 Å². The summed E-state index contributed by atoms with van der Waals surface area (Å²) in [6.07, 6.45) is 0. The summed E-state index contributed by atoms with van der Waals surface area (Å²) in [5.41, 5.74) is 2.82. The average Bonchev–Trinajstić information content (AvgIpc) is 2.96. The first kappa shape index (κ1) is 11.1. The minimum atomic E-state index is 0.170. The third-order valence-corrected chi connectivity index (χ3v) is 2.79. The van der Waals surface area contributed by atoms with Crippen molar-refractivity contribution in [1.82, 2.24) is 20.2 Å². The molecular weight excluding hydrogens is 238 g/mol. The second kappa shape index (κ2) is 4.70. The van der Waals surface area contributed by atoms with E-state index in [2.05, 4.69) is 15.5 Å². The fraction of sp³-hybridized carbons (Fsp3) is 0. The molecule has 2 aromatic carbocycles. The van der Waals surface area contributed by atoms with Crippen molar-refractivity contribution in [3.05, 3.63) is 60.4 Å². The zero-order valence-corrected chi connectivity index (χ0v) is 9.93. The summed E-state index contributed by atoms with van der Waals surface area (Å²) in [7, 11) is 0. The summed E-state index contributed by atoms with van der Waals surface area (Å²) >= 11 is 0. The van der Waals surface area contributed by atoms with Crippen LogP contribution in [0.1, 0.15) is 5.82 Å². The van der Waals surface area contributed by atoms with Crippen LogP contribution in [0.5, 0.6) is 0 Å². The Bertz CT molecular complexity index is 740. The summed E-state index contributed by atoms with van der Waals surface area (Å²) in [5, 5.41) is 20.1. The lowest BCUT2D eigenvalue weighted by atomic mass is 10.0. The van der Waals surface area contributed by atoms with Gasteiger partial charge >= 0.3 is 0 Å². The Morgan fingerprint density at radius 2 is 1.68 bits per heavy atom. The standard InChI is InChI=1S/C14H9N5/c15-10-14-16-17-18-19(14)13-9-5-4-8-12(13)11-6-2-1-3-7-11/h1-9H. The molecule has 0 amide bonds.